The highest BCUT2D eigenvalue weighted by molar-refractivity contribution is 5.47. The summed E-state index contributed by atoms with van der Waals surface area (Å²) in [6.45, 7) is 0. The molecular formula is C16H20N2O3. The maximum absolute atomic E-state index is 5.36. The second kappa shape index (κ2) is 6.95. The monoisotopic (exact) mass is 288 g/mol. The van der Waals surface area contributed by atoms with E-state index in [4.69, 9.17) is 14.2 Å². The number of aromatic nitrogens is 1. The van der Waals surface area contributed by atoms with Crippen molar-refractivity contribution >= 4 is 0 Å². The molecule has 0 aliphatic heterocycles. The maximum atomic E-state index is 5.36. The number of pyridine rings is 1. The number of methoxy groups -OCH3 is 3. The van der Waals surface area contributed by atoms with Gasteiger partial charge in [0.15, 0.2) is 11.5 Å². The van der Waals surface area contributed by atoms with Crippen LogP contribution in [0.3, 0.4) is 0 Å². The molecule has 1 heterocycles. The number of hydrogen-bond acceptors (Lipinski definition) is 5. The van der Waals surface area contributed by atoms with E-state index < -0.39 is 0 Å². The first-order valence-corrected chi connectivity index (χ1v) is 6.63. The van der Waals surface area contributed by atoms with Gasteiger partial charge in [0, 0.05) is 11.8 Å². The Kier molecular flexibility index (Phi) is 5.00. The molecule has 0 saturated carbocycles. The van der Waals surface area contributed by atoms with Crippen LogP contribution in [-0.2, 0) is 0 Å². The van der Waals surface area contributed by atoms with E-state index in [1.54, 1.807) is 27.5 Å². The molecule has 1 unspecified atom stereocenters. The summed E-state index contributed by atoms with van der Waals surface area (Å²) in [5.74, 6) is 2.00. The minimum absolute atomic E-state index is 0.0477. The molecule has 5 nitrogen and oxygen atoms in total. The summed E-state index contributed by atoms with van der Waals surface area (Å²) >= 11 is 0. The smallest absolute Gasteiger partial charge is 0.218 e. The molecule has 0 aliphatic carbocycles. The lowest BCUT2D eigenvalue weighted by molar-refractivity contribution is 0.354. The molecule has 112 valence electrons. The van der Waals surface area contributed by atoms with Crippen LogP contribution in [0.15, 0.2) is 36.5 Å². The molecule has 0 aliphatic rings. The maximum Gasteiger partial charge on any atom is 0.218 e. The van der Waals surface area contributed by atoms with Gasteiger partial charge in [-0.05, 0) is 30.8 Å². The fraction of sp³-hybridized carbons (Fsp3) is 0.312. The molecule has 21 heavy (non-hydrogen) atoms. The molecule has 2 rings (SSSR count). The van der Waals surface area contributed by atoms with Crippen molar-refractivity contribution in [1.82, 2.24) is 10.3 Å². The van der Waals surface area contributed by atoms with Crippen molar-refractivity contribution in [2.45, 2.75) is 6.04 Å². The summed E-state index contributed by atoms with van der Waals surface area (Å²) < 4.78 is 16.0. The third kappa shape index (κ3) is 3.08. The second-order valence-electron chi connectivity index (χ2n) is 4.44. The van der Waals surface area contributed by atoms with Crippen LogP contribution >= 0.6 is 0 Å². The highest BCUT2D eigenvalue weighted by atomic mass is 16.5. The average molecular weight is 288 g/mol. The van der Waals surface area contributed by atoms with Crippen molar-refractivity contribution in [2.24, 2.45) is 0 Å². The SMILES string of the molecule is CNC(c1ccc(OC)c(OC)c1)c1cccnc1OC. The summed E-state index contributed by atoms with van der Waals surface area (Å²) in [6.07, 6.45) is 1.71. The Balaban J connectivity index is 2.46. The molecule has 1 N–H and O–H groups in total. The predicted octanol–water partition coefficient (Wildman–Crippen LogP) is 2.42. The molecule has 1 aromatic carbocycles. The van der Waals surface area contributed by atoms with Crippen molar-refractivity contribution in [1.29, 1.82) is 0 Å². The van der Waals surface area contributed by atoms with Crippen molar-refractivity contribution in [2.75, 3.05) is 28.4 Å². The van der Waals surface area contributed by atoms with Gasteiger partial charge in [0.05, 0.1) is 27.4 Å². The van der Waals surface area contributed by atoms with E-state index in [0.717, 1.165) is 11.1 Å². The first-order chi connectivity index (χ1) is 10.2. The highest BCUT2D eigenvalue weighted by Crippen LogP contribution is 2.34. The minimum atomic E-state index is -0.0477. The van der Waals surface area contributed by atoms with E-state index in [2.05, 4.69) is 10.3 Å². The number of ether oxygens (including phenoxy) is 3. The molecule has 0 fully saturated rings. The van der Waals surface area contributed by atoms with Gasteiger partial charge in [0.25, 0.3) is 0 Å². The molecule has 1 atom stereocenters. The van der Waals surface area contributed by atoms with Crippen LogP contribution in [-0.4, -0.2) is 33.4 Å². The Labute approximate surface area is 124 Å². The van der Waals surface area contributed by atoms with Crippen LogP contribution in [0.25, 0.3) is 0 Å². The lowest BCUT2D eigenvalue weighted by Gasteiger charge is -2.20. The summed E-state index contributed by atoms with van der Waals surface area (Å²) in [5.41, 5.74) is 2.01. The van der Waals surface area contributed by atoms with Gasteiger partial charge in [0.1, 0.15) is 0 Å². The first-order valence-electron chi connectivity index (χ1n) is 6.63. The van der Waals surface area contributed by atoms with Crippen LogP contribution < -0.4 is 19.5 Å². The molecule has 0 amide bonds. The Hall–Kier alpha value is -2.27. The summed E-state index contributed by atoms with van der Waals surface area (Å²) in [7, 11) is 6.76. The molecule has 0 radical (unpaired) electrons. The van der Waals surface area contributed by atoms with Crippen LogP contribution in [0, 0.1) is 0 Å². The molecule has 2 aromatic rings. The Morgan fingerprint density at radius 2 is 1.76 bits per heavy atom. The van der Waals surface area contributed by atoms with Crippen LogP contribution in [0.1, 0.15) is 17.2 Å². The summed E-state index contributed by atoms with van der Waals surface area (Å²) in [5, 5.41) is 3.28. The summed E-state index contributed by atoms with van der Waals surface area (Å²) in [4.78, 5) is 4.25. The van der Waals surface area contributed by atoms with Crippen molar-refractivity contribution in [3.8, 4) is 17.4 Å². The Bertz CT molecular complexity index is 602. The van der Waals surface area contributed by atoms with Crippen LogP contribution in [0.5, 0.6) is 17.4 Å². The van der Waals surface area contributed by atoms with Gasteiger partial charge >= 0.3 is 0 Å². The third-order valence-electron chi connectivity index (χ3n) is 3.33. The number of hydrogen-bond donors (Lipinski definition) is 1. The standard InChI is InChI=1S/C16H20N2O3/c1-17-15(12-6-5-9-18-16(12)21-4)11-7-8-13(19-2)14(10-11)20-3/h5-10,15,17H,1-4H3. The predicted molar refractivity (Wildman–Crippen MR) is 81.2 cm³/mol. The van der Waals surface area contributed by atoms with Crippen molar-refractivity contribution in [3.05, 3.63) is 47.7 Å². The molecule has 5 heteroatoms. The van der Waals surface area contributed by atoms with Gasteiger partial charge < -0.3 is 19.5 Å². The Morgan fingerprint density at radius 3 is 2.38 bits per heavy atom. The fourth-order valence-electron chi connectivity index (χ4n) is 2.33. The van der Waals surface area contributed by atoms with Gasteiger partial charge in [-0.2, -0.15) is 0 Å². The second-order valence-corrected chi connectivity index (χ2v) is 4.44. The Morgan fingerprint density at radius 1 is 1.00 bits per heavy atom. The van der Waals surface area contributed by atoms with E-state index in [0.29, 0.717) is 17.4 Å². The lowest BCUT2D eigenvalue weighted by atomic mass is 9.99. The van der Waals surface area contributed by atoms with E-state index in [9.17, 15) is 0 Å². The van der Waals surface area contributed by atoms with Gasteiger partial charge in [-0.25, -0.2) is 4.98 Å². The number of nitrogens with one attached hydrogen (secondary N) is 1. The van der Waals surface area contributed by atoms with Gasteiger partial charge in [-0.15, -0.1) is 0 Å². The van der Waals surface area contributed by atoms with Crippen molar-refractivity contribution < 1.29 is 14.2 Å². The lowest BCUT2D eigenvalue weighted by Crippen LogP contribution is -2.19. The number of benzene rings is 1. The summed E-state index contributed by atoms with van der Waals surface area (Å²) in [6, 6.07) is 9.67. The van der Waals surface area contributed by atoms with Crippen LogP contribution in [0.4, 0.5) is 0 Å². The molecule has 0 spiro atoms. The molecule has 1 aromatic heterocycles. The highest BCUT2D eigenvalue weighted by Gasteiger charge is 2.18. The zero-order valence-corrected chi connectivity index (χ0v) is 12.7. The van der Waals surface area contributed by atoms with Gasteiger partial charge in [-0.3, -0.25) is 0 Å². The van der Waals surface area contributed by atoms with Gasteiger partial charge in [-0.1, -0.05) is 12.1 Å². The quantitative estimate of drug-likeness (QED) is 0.884. The zero-order chi connectivity index (χ0) is 15.2. The zero-order valence-electron chi connectivity index (χ0n) is 12.7. The number of rotatable bonds is 6. The number of nitrogens with zero attached hydrogens (tertiary/aromatic N) is 1. The average Bonchev–Trinajstić information content (AvgIpc) is 2.55. The molecule has 0 bridgehead atoms. The van der Waals surface area contributed by atoms with Crippen molar-refractivity contribution in [3.63, 3.8) is 0 Å². The van der Waals surface area contributed by atoms with E-state index in [1.807, 2.05) is 37.4 Å². The fourth-order valence-corrected chi connectivity index (χ4v) is 2.33. The third-order valence-corrected chi connectivity index (χ3v) is 3.33. The minimum Gasteiger partial charge on any atom is -0.493 e. The van der Waals surface area contributed by atoms with Gasteiger partial charge in [0.2, 0.25) is 5.88 Å². The normalized spacial score (nSPS) is 11.8. The van der Waals surface area contributed by atoms with Crippen LogP contribution in [0.2, 0.25) is 0 Å². The first kappa shape index (κ1) is 15.1. The molecule has 0 saturated heterocycles. The van der Waals surface area contributed by atoms with E-state index in [-0.39, 0.29) is 6.04 Å². The van der Waals surface area contributed by atoms with E-state index >= 15 is 0 Å². The molecular weight excluding hydrogens is 268 g/mol. The topological polar surface area (TPSA) is 52.6 Å². The van der Waals surface area contributed by atoms with E-state index in [1.165, 1.54) is 0 Å². The largest absolute Gasteiger partial charge is 0.493 e.